The Hall–Kier alpha value is -2.29. The van der Waals surface area contributed by atoms with Gasteiger partial charge in [0.15, 0.2) is 4.96 Å². The van der Waals surface area contributed by atoms with E-state index in [0.29, 0.717) is 24.3 Å². The Kier molecular flexibility index (Phi) is 6.60. The smallest absolute Gasteiger partial charge is 0.320 e. The highest BCUT2D eigenvalue weighted by Gasteiger charge is 2.42. The van der Waals surface area contributed by atoms with Crippen LogP contribution in [-0.2, 0) is 4.79 Å². The summed E-state index contributed by atoms with van der Waals surface area (Å²) in [6.45, 7) is 6.57. The monoisotopic (exact) mass is 510 g/mol. The number of hydrogen-bond acceptors (Lipinski definition) is 5. The molecule has 0 radical (unpaired) electrons. The number of thiazole rings is 1. The number of halogens is 1. The van der Waals surface area contributed by atoms with Gasteiger partial charge >= 0.3 is 5.97 Å². The molecule has 192 valence electrons. The number of nitrogens with zero attached hydrogens (tertiary/aromatic N) is 4. The average Bonchev–Trinajstić information content (AvgIpc) is 3.28. The highest BCUT2D eigenvalue weighted by atomic mass is 32.1. The lowest BCUT2D eigenvalue weighted by molar-refractivity contribution is -0.143. The van der Waals surface area contributed by atoms with Crippen LogP contribution in [0, 0.1) is 24.6 Å². The highest BCUT2D eigenvalue weighted by molar-refractivity contribution is 7.16. The quantitative estimate of drug-likeness (QED) is 0.463. The normalized spacial score (nSPS) is 25.1. The van der Waals surface area contributed by atoms with Gasteiger partial charge in [0, 0.05) is 48.2 Å². The number of fused-ring (bicyclic) bond motifs is 1. The topological polar surface area (TPSA) is 61.1 Å². The second-order valence-corrected chi connectivity index (χ2v) is 12.4. The van der Waals surface area contributed by atoms with Gasteiger partial charge in [0.25, 0.3) is 0 Å². The second kappa shape index (κ2) is 9.88. The lowest BCUT2D eigenvalue weighted by Gasteiger charge is -2.34. The Morgan fingerprint density at radius 1 is 1.22 bits per heavy atom. The van der Waals surface area contributed by atoms with Gasteiger partial charge in [-0.25, -0.2) is 9.37 Å². The molecule has 6 nitrogen and oxygen atoms in total. The summed E-state index contributed by atoms with van der Waals surface area (Å²) in [5, 5.41) is 10.00. The van der Waals surface area contributed by atoms with E-state index in [9.17, 15) is 14.3 Å². The molecule has 3 aliphatic rings. The maximum Gasteiger partial charge on any atom is 0.320 e. The third-order valence-corrected chi connectivity index (χ3v) is 9.49. The first-order chi connectivity index (χ1) is 17.4. The molecule has 3 atom stereocenters. The largest absolute Gasteiger partial charge is 0.480 e. The van der Waals surface area contributed by atoms with Crippen LogP contribution in [0.3, 0.4) is 0 Å². The van der Waals surface area contributed by atoms with E-state index < -0.39 is 12.0 Å². The highest BCUT2D eigenvalue weighted by Crippen LogP contribution is 2.40. The van der Waals surface area contributed by atoms with Crippen molar-refractivity contribution in [2.24, 2.45) is 11.8 Å². The lowest BCUT2D eigenvalue weighted by atomic mass is 9.87. The molecule has 1 aliphatic carbocycles. The summed E-state index contributed by atoms with van der Waals surface area (Å²) in [6, 6.07) is 6.51. The number of carboxylic acids is 1. The van der Waals surface area contributed by atoms with Crippen molar-refractivity contribution in [1.29, 1.82) is 0 Å². The summed E-state index contributed by atoms with van der Waals surface area (Å²) in [5.41, 5.74) is 2.32. The fraction of sp³-hybridized carbons (Fsp3) is 0.571. The first-order valence-electron chi connectivity index (χ1n) is 13.3. The third kappa shape index (κ3) is 4.95. The first-order valence-corrected chi connectivity index (χ1v) is 14.1. The van der Waals surface area contributed by atoms with Crippen molar-refractivity contribution < 1.29 is 14.3 Å². The number of carbonyl (C=O) groups is 1. The minimum atomic E-state index is -0.711. The minimum absolute atomic E-state index is 0.155. The molecular formula is C28H35FN4O2S. The fourth-order valence-electron chi connectivity index (χ4n) is 6.49. The maximum absolute atomic E-state index is 14.1. The molecule has 1 aromatic carbocycles. The third-order valence-electron chi connectivity index (χ3n) is 8.58. The van der Waals surface area contributed by atoms with Gasteiger partial charge in [-0.2, -0.15) is 0 Å². The molecule has 2 saturated heterocycles. The fourth-order valence-corrected chi connectivity index (χ4v) is 7.30. The number of hydrogen-bond donors (Lipinski definition) is 1. The number of aromatic nitrogens is 2. The predicted molar refractivity (Wildman–Crippen MR) is 139 cm³/mol. The van der Waals surface area contributed by atoms with E-state index in [-0.39, 0.29) is 11.7 Å². The van der Waals surface area contributed by atoms with E-state index in [1.165, 1.54) is 16.6 Å². The predicted octanol–water partition coefficient (Wildman–Crippen LogP) is 4.99. The van der Waals surface area contributed by atoms with E-state index in [2.05, 4.69) is 32.3 Å². The number of aliphatic carboxylic acids is 1. The Labute approximate surface area is 215 Å². The van der Waals surface area contributed by atoms with Crippen molar-refractivity contribution in [1.82, 2.24) is 19.2 Å². The second-order valence-electron chi connectivity index (χ2n) is 11.2. The zero-order chi connectivity index (χ0) is 24.8. The zero-order valence-corrected chi connectivity index (χ0v) is 21.7. The van der Waals surface area contributed by atoms with Gasteiger partial charge in [-0.3, -0.25) is 14.1 Å². The molecule has 3 aromatic rings. The van der Waals surface area contributed by atoms with Gasteiger partial charge in [-0.05, 0) is 68.8 Å². The number of aryl methyl sites for hydroxylation is 1. The Morgan fingerprint density at radius 2 is 2.03 bits per heavy atom. The van der Waals surface area contributed by atoms with Crippen molar-refractivity contribution >= 4 is 22.3 Å². The summed E-state index contributed by atoms with van der Waals surface area (Å²) in [7, 11) is 0. The van der Waals surface area contributed by atoms with Crippen LogP contribution in [0.5, 0.6) is 0 Å². The van der Waals surface area contributed by atoms with Crippen LogP contribution in [-0.4, -0.2) is 69.0 Å². The van der Waals surface area contributed by atoms with Crippen LogP contribution in [0.1, 0.15) is 60.1 Å². The van der Waals surface area contributed by atoms with E-state index in [1.54, 1.807) is 23.5 Å². The number of carboxylic acid groups (broad SMARTS) is 1. The number of imidazole rings is 1. The van der Waals surface area contributed by atoms with Crippen molar-refractivity contribution in [2.45, 2.75) is 56.9 Å². The molecule has 3 fully saturated rings. The molecular weight excluding hydrogens is 475 g/mol. The minimum Gasteiger partial charge on any atom is -0.480 e. The summed E-state index contributed by atoms with van der Waals surface area (Å²) in [6.07, 6.45) is 9.49. The van der Waals surface area contributed by atoms with Crippen LogP contribution < -0.4 is 0 Å². The Morgan fingerprint density at radius 3 is 2.75 bits per heavy atom. The summed E-state index contributed by atoms with van der Waals surface area (Å²) >= 11 is 1.74. The molecule has 36 heavy (non-hydrogen) atoms. The standard InChI is InChI=1S/C28H35FN4O2S/c1-18-14-33-26(13-30-28(33)36-18)20-7-9-31(10-8-20)15-22-16-32(25(27(34)35)11-19-5-6-19)17-24(22)21-3-2-4-23(29)12-21/h2-4,12-14,19-20,22,24-25H,5-11,15-17H2,1H3,(H,34,35)/t22-,24+,25+/m0/s1. The molecule has 2 aliphatic heterocycles. The molecule has 0 bridgehead atoms. The van der Waals surface area contributed by atoms with Crippen molar-refractivity contribution in [3.63, 3.8) is 0 Å². The maximum atomic E-state index is 14.1. The SMILES string of the molecule is Cc1cn2c(C3CCN(C[C@H]4CN([C@H](CC5CC5)C(=O)O)C[C@@H]4c4cccc(F)c4)CC3)cnc2s1. The van der Waals surface area contributed by atoms with Crippen LogP contribution in [0.4, 0.5) is 4.39 Å². The van der Waals surface area contributed by atoms with Crippen molar-refractivity contribution in [3.05, 3.63) is 58.6 Å². The Balaban J connectivity index is 1.15. The molecule has 6 rings (SSSR count). The molecule has 4 heterocycles. The molecule has 1 N–H and O–H groups in total. The zero-order valence-electron chi connectivity index (χ0n) is 20.9. The van der Waals surface area contributed by atoms with E-state index in [4.69, 9.17) is 0 Å². The van der Waals surface area contributed by atoms with Gasteiger partial charge in [-0.1, -0.05) is 25.0 Å². The van der Waals surface area contributed by atoms with Crippen molar-refractivity contribution in [3.8, 4) is 0 Å². The summed E-state index contributed by atoms with van der Waals surface area (Å²) < 4.78 is 16.4. The number of likely N-dealkylation sites (tertiary alicyclic amines) is 2. The van der Waals surface area contributed by atoms with Crippen LogP contribution in [0.25, 0.3) is 4.96 Å². The van der Waals surface area contributed by atoms with E-state index in [0.717, 1.165) is 68.8 Å². The number of piperidine rings is 1. The number of rotatable bonds is 8. The molecule has 0 unspecified atom stereocenters. The van der Waals surface area contributed by atoms with Crippen LogP contribution >= 0.6 is 11.3 Å². The molecule has 0 amide bonds. The molecule has 1 saturated carbocycles. The van der Waals surface area contributed by atoms with Crippen LogP contribution in [0.2, 0.25) is 0 Å². The molecule has 8 heteroatoms. The van der Waals surface area contributed by atoms with Gasteiger partial charge in [-0.15, -0.1) is 11.3 Å². The summed E-state index contributed by atoms with van der Waals surface area (Å²) in [5.74, 6) is 0.595. The number of benzene rings is 1. The average molecular weight is 511 g/mol. The van der Waals surface area contributed by atoms with E-state index in [1.807, 2.05) is 12.3 Å². The first kappa shape index (κ1) is 24.1. The Bertz CT molecular complexity index is 1230. The van der Waals surface area contributed by atoms with Gasteiger partial charge in [0.1, 0.15) is 11.9 Å². The van der Waals surface area contributed by atoms with E-state index >= 15 is 0 Å². The van der Waals surface area contributed by atoms with Gasteiger partial charge < -0.3 is 10.0 Å². The van der Waals surface area contributed by atoms with Gasteiger partial charge in [0.2, 0.25) is 0 Å². The summed E-state index contributed by atoms with van der Waals surface area (Å²) in [4.78, 5) is 23.9. The van der Waals surface area contributed by atoms with Crippen LogP contribution in [0.15, 0.2) is 36.7 Å². The van der Waals surface area contributed by atoms with Crippen molar-refractivity contribution in [2.75, 3.05) is 32.7 Å². The molecule has 2 aromatic heterocycles. The lowest BCUT2D eigenvalue weighted by Crippen LogP contribution is -2.41. The molecule has 0 spiro atoms. The van der Waals surface area contributed by atoms with Gasteiger partial charge in [0.05, 0.1) is 6.20 Å².